The number of anilines is 1. The molecule has 4 nitrogen and oxygen atoms in total. The Balaban J connectivity index is 2.55. The van der Waals surface area contributed by atoms with E-state index in [0.29, 0.717) is 11.3 Å². The Morgan fingerprint density at radius 1 is 1.35 bits per heavy atom. The molecule has 0 atom stereocenters. The molecule has 1 aromatic carbocycles. The van der Waals surface area contributed by atoms with Crippen LogP contribution in [0.5, 0.6) is 0 Å². The number of aryl methyl sites for hydroxylation is 1. The highest BCUT2D eigenvalue weighted by Crippen LogP contribution is 2.26. The third kappa shape index (κ3) is 2.15. The molecule has 0 aliphatic rings. The van der Waals surface area contributed by atoms with Crippen molar-refractivity contribution < 1.29 is 9.53 Å². The fourth-order valence-corrected chi connectivity index (χ4v) is 1.79. The van der Waals surface area contributed by atoms with Crippen LogP contribution in [0.25, 0.3) is 11.1 Å². The summed E-state index contributed by atoms with van der Waals surface area (Å²) in [5, 5.41) is 0. The summed E-state index contributed by atoms with van der Waals surface area (Å²) in [6, 6.07) is 7.42. The summed E-state index contributed by atoms with van der Waals surface area (Å²) >= 11 is 0. The van der Waals surface area contributed by atoms with Crippen molar-refractivity contribution in [2.24, 2.45) is 7.05 Å². The molecule has 0 bridgehead atoms. The average molecular weight is 230 g/mol. The lowest BCUT2D eigenvalue weighted by Gasteiger charge is -2.03. The van der Waals surface area contributed by atoms with Gasteiger partial charge in [-0.3, -0.25) is 0 Å². The number of esters is 1. The third-order valence-electron chi connectivity index (χ3n) is 2.56. The van der Waals surface area contributed by atoms with Gasteiger partial charge in [-0.1, -0.05) is 12.1 Å². The minimum Gasteiger partial charge on any atom is -0.465 e. The lowest BCUT2D eigenvalue weighted by atomic mass is 10.0. The van der Waals surface area contributed by atoms with Crippen molar-refractivity contribution in [2.45, 2.75) is 0 Å². The minimum absolute atomic E-state index is 0.344. The molecule has 0 radical (unpaired) electrons. The standard InChI is InChI=1S/C13H14N2O2/c1-15-7-11(12(8-15)13(16)17-2)9-4-3-5-10(14)6-9/h3-8H,14H2,1-2H3. The van der Waals surface area contributed by atoms with Crippen molar-refractivity contribution >= 4 is 11.7 Å². The van der Waals surface area contributed by atoms with E-state index < -0.39 is 0 Å². The second-order valence-corrected chi connectivity index (χ2v) is 3.87. The third-order valence-corrected chi connectivity index (χ3v) is 2.56. The van der Waals surface area contributed by atoms with Gasteiger partial charge in [0.1, 0.15) is 0 Å². The average Bonchev–Trinajstić information content (AvgIpc) is 2.70. The first-order chi connectivity index (χ1) is 8.11. The van der Waals surface area contributed by atoms with Gasteiger partial charge in [0.15, 0.2) is 0 Å². The van der Waals surface area contributed by atoms with Crippen molar-refractivity contribution in [3.05, 3.63) is 42.2 Å². The molecule has 0 saturated carbocycles. The molecular weight excluding hydrogens is 216 g/mol. The lowest BCUT2D eigenvalue weighted by molar-refractivity contribution is 0.0601. The largest absolute Gasteiger partial charge is 0.465 e. The van der Waals surface area contributed by atoms with E-state index in [2.05, 4.69) is 0 Å². The van der Waals surface area contributed by atoms with E-state index in [4.69, 9.17) is 10.5 Å². The molecule has 2 N–H and O–H groups in total. The van der Waals surface area contributed by atoms with Crippen LogP contribution in [0.2, 0.25) is 0 Å². The normalized spacial score (nSPS) is 10.2. The molecule has 0 unspecified atom stereocenters. The first kappa shape index (κ1) is 11.3. The van der Waals surface area contributed by atoms with Gasteiger partial charge in [-0.25, -0.2) is 4.79 Å². The molecule has 17 heavy (non-hydrogen) atoms. The van der Waals surface area contributed by atoms with Crippen LogP contribution in [0.15, 0.2) is 36.7 Å². The first-order valence-electron chi connectivity index (χ1n) is 5.22. The maximum Gasteiger partial charge on any atom is 0.340 e. The summed E-state index contributed by atoms with van der Waals surface area (Å²) in [4.78, 5) is 11.6. The van der Waals surface area contributed by atoms with Crippen molar-refractivity contribution in [3.63, 3.8) is 0 Å². The summed E-state index contributed by atoms with van der Waals surface area (Å²) in [6.07, 6.45) is 3.62. The Morgan fingerprint density at radius 3 is 2.76 bits per heavy atom. The van der Waals surface area contributed by atoms with Crippen LogP contribution in [0.4, 0.5) is 5.69 Å². The van der Waals surface area contributed by atoms with E-state index in [1.54, 1.807) is 6.20 Å². The highest BCUT2D eigenvalue weighted by atomic mass is 16.5. The maximum atomic E-state index is 11.6. The molecule has 1 heterocycles. The summed E-state index contributed by atoms with van der Waals surface area (Å²) < 4.78 is 6.58. The number of ether oxygens (including phenoxy) is 1. The van der Waals surface area contributed by atoms with Crippen molar-refractivity contribution in [3.8, 4) is 11.1 Å². The molecule has 2 aromatic rings. The number of nitrogens with zero attached hydrogens (tertiary/aromatic N) is 1. The van der Waals surface area contributed by atoms with Gasteiger partial charge >= 0.3 is 5.97 Å². The molecule has 0 fully saturated rings. The van der Waals surface area contributed by atoms with Crippen molar-refractivity contribution in [1.82, 2.24) is 4.57 Å². The quantitative estimate of drug-likeness (QED) is 0.634. The zero-order chi connectivity index (χ0) is 12.4. The van der Waals surface area contributed by atoms with Crippen LogP contribution < -0.4 is 5.73 Å². The van der Waals surface area contributed by atoms with Gasteiger partial charge in [-0.05, 0) is 17.7 Å². The predicted octanol–water partition coefficient (Wildman–Crippen LogP) is 2.06. The van der Waals surface area contributed by atoms with Gasteiger partial charge in [-0.15, -0.1) is 0 Å². The lowest BCUT2D eigenvalue weighted by Crippen LogP contribution is -2.01. The Bertz CT molecular complexity index is 558. The highest BCUT2D eigenvalue weighted by Gasteiger charge is 2.15. The molecule has 88 valence electrons. The van der Waals surface area contributed by atoms with Gasteiger partial charge in [0.25, 0.3) is 0 Å². The molecule has 0 saturated heterocycles. The van der Waals surface area contributed by atoms with Crippen LogP contribution >= 0.6 is 0 Å². The van der Waals surface area contributed by atoms with Crippen LogP contribution in [-0.2, 0) is 11.8 Å². The number of aromatic nitrogens is 1. The number of benzene rings is 1. The van der Waals surface area contributed by atoms with Crippen LogP contribution in [0, 0.1) is 0 Å². The summed E-state index contributed by atoms with van der Waals surface area (Å²) in [7, 11) is 3.24. The van der Waals surface area contributed by atoms with Gasteiger partial charge in [0, 0.05) is 30.7 Å². The van der Waals surface area contributed by atoms with E-state index in [0.717, 1.165) is 11.1 Å². The maximum absolute atomic E-state index is 11.6. The number of hydrogen-bond acceptors (Lipinski definition) is 3. The number of nitrogens with two attached hydrogens (primary N) is 1. The van der Waals surface area contributed by atoms with E-state index >= 15 is 0 Å². The second-order valence-electron chi connectivity index (χ2n) is 3.87. The second kappa shape index (κ2) is 4.33. The Kier molecular flexibility index (Phi) is 2.87. The number of hydrogen-bond donors (Lipinski definition) is 1. The summed E-state index contributed by atoms with van der Waals surface area (Å²) in [5.41, 5.74) is 8.68. The predicted molar refractivity (Wildman–Crippen MR) is 66.6 cm³/mol. The van der Waals surface area contributed by atoms with Gasteiger partial charge in [0.05, 0.1) is 12.7 Å². The zero-order valence-corrected chi connectivity index (χ0v) is 9.81. The number of rotatable bonds is 2. The molecule has 0 aliphatic heterocycles. The SMILES string of the molecule is COC(=O)c1cn(C)cc1-c1cccc(N)c1. The van der Waals surface area contributed by atoms with Crippen molar-refractivity contribution in [1.29, 1.82) is 0 Å². The zero-order valence-electron chi connectivity index (χ0n) is 9.81. The van der Waals surface area contributed by atoms with Gasteiger partial charge < -0.3 is 15.0 Å². The molecular formula is C13H14N2O2. The minimum atomic E-state index is -0.344. The van der Waals surface area contributed by atoms with Crippen molar-refractivity contribution in [2.75, 3.05) is 12.8 Å². The first-order valence-corrected chi connectivity index (χ1v) is 5.22. The molecule has 2 rings (SSSR count). The van der Waals surface area contributed by atoms with Crippen LogP contribution in [0.1, 0.15) is 10.4 Å². The topological polar surface area (TPSA) is 57.2 Å². The van der Waals surface area contributed by atoms with Crippen LogP contribution in [-0.4, -0.2) is 17.6 Å². The molecule has 0 amide bonds. The Morgan fingerprint density at radius 2 is 2.12 bits per heavy atom. The van der Waals surface area contributed by atoms with E-state index in [1.165, 1.54) is 7.11 Å². The van der Waals surface area contributed by atoms with Gasteiger partial charge in [0.2, 0.25) is 0 Å². The van der Waals surface area contributed by atoms with E-state index in [9.17, 15) is 4.79 Å². The summed E-state index contributed by atoms with van der Waals surface area (Å²) in [6.45, 7) is 0. The molecule has 4 heteroatoms. The van der Waals surface area contributed by atoms with Crippen LogP contribution in [0.3, 0.4) is 0 Å². The monoisotopic (exact) mass is 230 g/mol. The van der Waals surface area contributed by atoms with E-state index in [1.807, 2.05) is 42.1 Å². The molecule has 0 aliphatic carbocycles. The number of methoxy groups -OCH3 is 1. The summed E-state index contributed by atoms with van der Waals surface area (Å²) in [5.74, 6) is -0.344. The number of nitrogen functional groups attached to an aromatic ring is 1. The fourth-order valence-electron chi connectivity index (χ4n) is 1.79. The Labute approximate surface area is 99.6 Å². The molecule has 1 aromatic heterocycles. The number of carbonyl (C=O) groups excluding carboxylic acids is 1. The highest BCUT2D eigenvalue weighted by molar-refractivity contribution is 5.97. The Hall–Kier alpha value is -2.23. The smallest absolute Gasteiger partial charge is 0.340 e. The fraction of sp³-hybridized carbons (Fsp3) is 0.154. The van der Waals surface area contributed by atoms with E-state index in [-0.39, 0.29) is 5.97 Å². The number of carbonyl (C=O) groups is 1. The van der Waals surface area contributed by atoms with Gasteiger partial charge in [-0.2, -0.15) is 0 Å². The molecule has 0 spiro atoms.